The smallest absolute Gasteiger partial charge is 0.348 e. The molecule has 0 fully saturated rings. The number of ether oxygens (including phenoxy) is 4. The number of methoxy groups -OCH3 is 1. The Balaban J connectivity index is 1.94. The number of nitrogens with one attached hydrogen (secondary N) is 1. The van der Waals surface area contributed by atoms with Crippen LogP contribution in [0.2, 0.25) is 0 Å². The zero-order valence-electron chi connectivity index (χ0n) is 18.9. The number of terminal acetylenes is 1. The van der Waals surface area contributed by atoms with Crippen LogP contribution in [0.1, 0.15) is 33.5 Å². The minimum Gasteiger partial charge on any atom is -0.490 e. The lowest BCUT2D eigenvalue weighted by Gasteiger charge is -2.11. The van der Waals surface area contributed by atoms with Crippen molar-refractivity contribution in [1.82, 2.24) is 9.97 Å². The molecule has 0 spiro atoms. The van der Waals surface area contributed by atoms with E-state index in [9.17, 15) is 9.59 Å². The average Bonchev–Trinajstić information content (AvgIpc) is 3.15. The summed E-state index contributed by atoms with van der Waals surface area (Å²) in [5.74, 6) is 3.08. The van der Waals surface area contributed by atoms with E-state index in [1.807, 2.05) is 6.92 Å². The molecule has 0 unspecified atom stereocenters. The highest BCUT2D eigenvalue weighted by atomic mass is 35.5. The van der Waals surface area contributed by atoms with Crippen molar-refractivity contribution in [1.29, 1.82) is 0 Å². The van der Waals surface area contributed by atoms with Gasteiger partial charge in [-0.05, 0) is 43.2 Å². The maximum Gasteiger partial charge on any atom is 0.348 e. The lowest BCUT2D eigenvalue weighted by molar-refractivity contribution is 0.0393. The van der Waals surface area contributed by atoms with Crippen LogP contribution in [-0.4, -0.2) is 49.5 Å². The number of nitrogens with zero attached hydrogens (tertiary/aromatic N) is 1. The molecule has 34 heavy (non-hydrogen) atoms. The fourth-order valence-electron chi connectivity index (χ4n) is 3.07. The Hall–Kier alpha value is -3.32. The molecule has 0 saturated carbocycles. The second-order valence-electron chi connectivity index (χ2n) is 6.90. The van der Waals surface area contributed by atoms with Gasteiger partial charge in [-0.1, -0.05) is 23.6 Å². The second-order valence-corrected chi connectivity index (χ2v) is 8.31. The van der Waals surface area contributed by atoms with Gasteiger partial charge in [0.1, 0.15) is 22.9 Å². The van der Waals surface area contributed by atoms with E-state index in [0.717, 1.165) is 11.3 Å². The van der Waals surface area contributed by atoms with Crippen LogP contribution in [0.15, 0.2) is 23.0 Å². The molecule has 8 nitrogen and oxygen atoms in total. The van der Waals surface area contributed by atoms with E-state index in [1.54, 1.807) is 31.2 Å². The summed E-state index contributed by atoms with van der Waals surface area (Å²) in [5.41, 5.74) is 0.810. The number of esters is 1. The summed E-state index contributed by atoms with van der Waals surface area (Å²) in [4.78, 5) is 33.0. The number of hydrogen-bond acceptors (Lipinski definition) is 8. The fraction of sp³-hybridized carbons (Fsp3) is 0.292. The molecular weight excluding hydrogens is 480 g/mol. The highest BCUT2D eigenvalue weighted by Gasteiger charge is 2.21. The first-order valence-corrected chi connectivity index (χ1v) is 11.5. The third-order valence-electron chi connectivity index (χ3n) is 4.60. The first-order valence-electron chi connectivity index (χ1n) is 10.3. The molecule has 178 valence electrons. The zero-order valence-corrected chi connectivity index (χ0v) is 20.5. The number of benzene rings is 1. The average molecular weight is 503 g/mol. The molecule has 0 saturated heterocycles. The minimum absolute atomic E-state index is 0.114. The van der Waals surface area contributed by atoms with Gasteiger partial charge >= 0.3 is 5.97 Å². The summed E-state index contributed by atoms with van der Waals surface area (Å²) < 4.78 is 21.2. The van der Waals surface area contributed by atoms with Gasteiger partial charge in [0.05, 0.1) is 23.6 Å². The molecule has 0 bridgehead atoms. The topological polar surface area (TPSA) is 99.7 Å². The zero-order chi connectivity index (χ0) is 24.7. The molecule has 3 rings (SSSR count). The van der Waals surface area contributed by atoms with Crippen molar-refractivity contribution < 1.29 is 23.7 Å². The number of aromatic nitrogens is 2. The Bertz CT molecular complexity index is 1320. The van der Waals surface area contributed by atoms with Gasteiger partial charge in [-0.3, -0.25) is 4.79 Å². The van der Waals surface area contributed by atoms with Crippen molar-refractivity contribution in [3.05, 3.63) is 50.4 Å². The first kappa shape index (κ1) is 25.3. The highest BCUT2D eigenvalue weighted by molar-refractivity contribution is 7.20. The van der Waals surface area contributed by atoms with Gasteiger partial charge in [0.25, 0.3) is 5.56 Å². The van der Waals surface area contributed by atoms with Crippen LogP contribution in [0.4, 0.5) is 0 Å². The predicted molar refractivity (Wildman–Crippen MR) is 133 cm³/mol. The maximum atomic E-state index is 12.8. The Morgan fingerprint density at radius 3 is 2.79 bits per heavy atom. The van der Waals surface area contributed by atoms with Crippen LogP contribution in [0.3, 0.4) is 0 Å². The van der Waals surface area contributed by atoms with Gasteiger partial charge < -0.3 is 23.9 Å². The van der Waals surface area contributed by atoms with Crippen LogP contribution in [-0.2, 0) is 9.47 Å². The predicted octanol–water partition coefficient (Wildman–Crippen LogP) is 4.24. The van der Waals surface area contributed by atoms with Gasteiger partial charge in [-0.2, -0.15) is 0 Å². The molecule has 0 atom stereocenters. The number of fused-ring (bicyclic) bond motifs is 1. The van der Waals surface area contributed by atoms with Crippen LogP contribution < -0.4 is 15.0 Å². The summed E-state index contributed by atoms with van der Waals surface area (Å²) in [6.45, 7) is 4.48. The summed E-state index contributed by atoms with van der Waals surface area (Å²) in [7, 11) is 1.51. The number of carbonyl (C=O) groups excluding carboxylic acids is 1. The molecule has 2 aromatic heterocycles. The van der Waals surface area contributed by atoms with E-state index in [1.165, 1.54) is 7.11 Å². The largest absolute Gasteiger partial charge is 0.490 e. The normalized spacial score (nSPS) is 11.3. The van der Waals surface area contributed by atoms with Gasteiger partial charge in [-0.25, -0.2) is 9.78 Å². The van der Waals surface area contributed by atoms with Crippen molar-refractivity contribution >= 4 is 50.2 Å². The van der Waals surface area contributed by atoms with Crippen molar-refractivity contribution in [2.75, 3.05) is 33.5 Å². The number of H-pyrrole nitrogens is 1. The summed E-state index contributed by atoms with van der Waals surface area (Å²) in [6.07, 6.45) is 6.90. The van der Waals surface area contributed by atoms with Crippen molar-refractivity contribution in [2.45, 2.75) is 13.8 Å². The Labute approximate surface area is 205 Å². The first-order chi connectivity index (χ1) is 16.4. The Morgan fingerprint density at radius 2 is 2.09 bits per heavy atom. The van der Waals surface area contributed by atoms with E-state index >= 15 is 0 Å². The molecule has 0 radical (unpaired) electrons. The van der Waals surface area contributed by atoms with Crippen LogP contribution in [0.25, 0.3) is 21.3 Å². The van der Waals surface area contributed by atoms with Crippen molar-refractivity contribution in [3.8, 4) is 23.8 Å². The number of carbonyl (C=O) groups is 1. The van der Waals surface area contributed by atoms with Crippen LogP contribution in [0.5, 0.6) is 11.5 Å². The molecular formula is C24H23ClN2O6S. The fourth-order valence-corrected chi connectivity index (χ4v) is 4.36. The molecule has 0 aliphatic carbocycles. The van der Waals surface area contributed by atoms with Crippen LogP contribution >= 0.6 is 22.9 Å². The van der Waals surface area contributed by atoms with E-state index < -0.39 is 11.5 Å². The molecule has 0 aliphatic heterocycles. The number of hydrogen-bond donors (Lipinski definition) is 1. The summed E-state index contributed by atoms with van der Waals surface area (Å²) in [5, 5.41) is 0.527. The summed E-state index contributed by atoms with van der Waals surface area (Å²) >= 11 is 7.56. The lowest BCUT2D eigenvalue weighted by Crippen LogP contribution is -2.11. The Kier molecular flexibility index (Phi) is 8.71. The Morgan fingerprint density at radius 1 is 1.29 bits per heavy atom. The van der Waals surface area contributed by atoms with Gasteiger partial charge in [0.2, 0.25) is 0 Å². The van der Waals surface area contributed by atoms with E-state index in [0.29, 0.717) is 44.3 Å². The molecule has 3 aromatic rings. The quantitative estimate of drug-likeness (QED) is 0.251. The molecule has 10 heteroatoms. The molecule has 2 heterocycles. The number of halogens is 1. The standard InChI is InChI=1S/C24H23ClN2O6S/c1-5-9-32-17-8-7-15(13-18(17)31-6-2)12-16(25)21-26-22(28)19-14(3)20(34-23(19)27-21)24(29)33-11-10-30-4/h1,7-8,12-13H,6,9-11H2,2-4H3,(H,26,27,28)/b16-12-. The van der Waals surface area contributed by atoms with Crippen molar-refractivity contribution in [2.24, 2.45) is 0 Å². The third-order valence-corrected chi connectivity index (χ3v) is 6.06. The maximum absolute atomic E-state index is 12.8. The number of thiophene rings is 1. The molecule has 0 amide bonds. The SMILES string of the molecule is C#CCOc1ccc(/C=C(\Cl)c2nc3sc(C(=O)OCCOC)c(C)c3c(=O)[nH]2)cc1OCC. The monoisotopic (exact) mass is 502 g/mol. The van der Waals surface area contributed by atoms with Crippen LogP contribution in [0, 0.1) is 19.3 Å². The van der Waals surface area contributed by atoms with Gasteiger partial charge in [0, 0.05) is 7.11 Å². The molecule has 1 N–H and O–H groups in total. The van der Waals surface area contributed by atoms with E-state index in [2.05, 4.69) is 15.9 Å². The van der Waals surface area contributed by atoms with E-state index in [4.69, 9.17) is 37.0 Å². The van der Waals surface area contributed by atoms with E-state index in [-0.39, 0.29) is 30.7 Å². The number of aromatic amines is 1. The molecule has 0 aliphatic rings. The van der Waals surface area contributed by atoms with Gasteiger partial charge in [-0.15, -0.1) is 17.8 Å². The number of rotatable bonds is 10. The third kappa shape index (κ3) is 5.78. The van der Waals surface area contributed by atoms with Gasteiger partial charge in [0.15, 0.2) is 17.3 Å². The second kappa shape index (κ2) is 11.7. The van der Waals surface area contributed by atoms with Crippen molar-refractivity contribution in [3.63, 3.8) is 0 Å². The highest BCUT2D eigenvalue weighted by Crippen LogP contribution is 2.32. The lowest BCUT2D eigenvalue weighted by atomic mass is 10.2. The minimum atomic E-state index is -0.532. The summed E-state index contributed by atoms with van der Waals surface area (Å²) in [6, 6.07) is 5.25. The number of aryl methyl sites for hydroxylation is 1. The molecule has 1 aromatic carbocycles.